The lowest BCUT2D eigenvalue weighted by Gasteiger charge is -2.22. The molecule has 2 aromatic heterocycles. The van der Waals surface area contributed by atoms with Crippen molar-refractivity contribution < 1.29 is 43.1 Å². The highest BCUT2D eigenvalue weighted by Gasteiger charge is 2.24. The van der Waals surface area contributed by atoms with Crippen LogP contribution in [0.2, 0.25) is 0 Å². The number of phenolic OH excluding ortho intramolecular Hbond substituents is 1. The lowest BCUT2D eigenvalue weighted by Crippen LogP contribution is -2.25. The molecule has 0 saturated carbocycles. The van der Waals surface area contributed by atoms with Gasteiger partial charge in [0.25, 0.3) is 0 Å². The van der Waals surface area contributed by atoms with E-state index in [-0.39, 0.29) is 23.4 Å². The fourth-order valence-electron chi connectivity index (χ4n) is 7.48. The minimum Gasteiger partial charge on any atom is -0.508 e. The van der Waals surface area contributed by atoms with Crippen molar-refractivity contribution in [3.8, 4) is 55.4 Å². The van der Waals surface area contributed by atoms with Crippen molar-refractivity contribution in [2.75, 3.05) is 41.7 Å². The number of thiophene rings is 2. The summed E-state index contributed by atoms with van der Waals surface area (Å²) in [7, 11) is 6.54. The van der Waals surface area contributed by atoms with Crippen molar-refractivity contribution in [1.82, 2.24) is 0 Å². The predicted octanol–water partition coefficient (Wildman–Crippen LogP) is 12.3. The number of fused-ring (bicyclic) bond motifs is 2. The van der Waals surface area contributed by atoms with Gasteiger partial charge in [-0.25, -0.2) is 0 Å². The van der Waals surface area contributed by atoms with Gasteiger partial charge in [-0.05, 0) is 164 Å². The van der Waals surface area contributed by atoms with Crippen molar-refractivity contribution in [1.29, 1.82) is 0 Å². The minimum absolute atomic E-state index is 0.0191. The third-order valence-corrected chi connectivity index (χ3v) is 13.3. The quantitative estimate of drug-likeness (QED) is 0.113. The van der Waals surface area contributed by atoms with E-state index in [1.54, 1.807) is 63.2 Å². The van der Waals surface area contributed by atoms with Gasteiger partial charge in [0.1, 0.15) is 41.1 Å². The van der Waals surface area contributed by atoms with Crippen LogP contribution in [-0.4, -0.2) is 64.4 Å². The average Bonchev–Trinajstić information content (AvgIpc) is 3.92. The van der Waals surface area contributed by atoms with Gasteiger partial charge in [-0.15, -0.1) is 22.7 Å². The van der Waals surface area contributed by atoms with Crippen LogP contribution in [0.5, 0.6) is 34.5 Å². The van der Waals surface area contributed by atoms with Crippen molar-refractivity contribution in [3.05, 3.63) is 156 Å². The SMILES string of the molecule is COc1ccc(-c2sc3cc(OC)ccc3c2C(=O)c2ccc(O)cc2)cc1.COc1ccc(-c2sc3cc(OC)ccc3c2C(=O)c2ccc(OCC3CCCCO3)cc2)cc1. The van der Waals surface area contributed by atoms with Crippen LogP contribution in [-0.2, 0) is 4.74 Å². The van der Waals surface area contributed by atoms with Crippen LogP contribution >= 0.6 is 22.7 Å². The molecule has 3 heterocycles. The summed E-state index contributed by atoms with van der Waals surface area (Å²) in [4.78, 5) is 29.0. The highest BCUT2D eigenvalue weighted by molar-refractivity contribution is 7.23. The molecular weight excluding hydrogens is 833 g/mol. The van der Waals surface area contributed by atoms with E-state index >= 15 is 0 Å². The Morgan fingerprint density at radius 3 is 1.41 bits per heavy atom. The zero-order chi connectivity index (χ0) is 43.9. The molecule has 1 saturated heterocycles. The molecule has 1 unspecified atom stereocenters. The second-order valence-electron chi connectivity index (χ2n) is 14.8. The van der Waals surface area contributed by atoms with Gasteiger partial charge in [-0.1, -0.05) is 0 Å². The Bertz CT molecular complexity index is 2840. The number of hydrogen-bond acceptors (Lipinski definition) is 11. The monoisotopic (exact) mass is 878 g/mol. The predicted molar refractivity (Wildman–Crippen MR) is 251 cm³/mol. The van der Waals surface area contributed by atoms with E-state index in [9.17, 15) is 14.7 Å². The van der Waals surface area contributed by atoms with Crippen LogP contribution < -0.4 is 23.7 Å². The molecule has 9 nitrogen and oxygen atoms in total. The summed E-state index contributed by atoms with van der Waals surface area (Å²) >= 11 is 3.14. The van der Waals surface area contributed by atoms with Gasteiger partial charge in [0.05, 0.1) is 34.5 Å². The first kappa shape index (κ1) is 43.0. The topological polar surface area (TPSA) is 110 Å². The van der Waals surface area contributed by atoms with E-state index in [1.807, 2.05) is 109 Å². The van der Waals surface area contributed by atoms with Crippen LogP contribution in [0.15, 0.2) is 133 Å². The van der Waals surface area contributed by atoms with Gasteiger partial charge in [-0.3, -0.25) is 9.59 Å². The van der Waals surface area contributed by atoms with Gasteiger partial charge in [0, 0.05) is 58.8 Å². The smallest absolute Gasteiger partial charge is 0.195 e. The molecular formula is C52H46O9S2. The van der Waals surface area contributed by atoms with E-state index in [0.717, 1.165) is 89.2 Å². The van der Waals surface area contributed by atoms with Crippen LogP contribution in [0.4, 0.5) is 0 Å². The number of benzene rings is 6. The Hall–Kier alpha value is -6.66. The molecule has 8 aromatic rings. The summed E-state index contributed by atoms with van der Waals surface area (Å²) in [6, 6.07) is 40.8. The van der Waals surface area contributed by atoms with Gasteiger partial charge in [0.15, 0.2) is 11.6 Å². The fourth-order valence-corrected chi connectivity index (χ4v) is 9.95. The Balaban J connectivity index is 0.000000177. The van der Waals surface area contributed by atoms with Gasteiger partial charge >= 0.3 is 0 Å². The van der Waals surface area contributed by atoms with Gasteiger partial charge in [-0.2, -0.15) is 0 Å². The maximum Gasteiger partial charge on any atom is 0.195 e. The molecule has 0 bridgehead atoms. The number of aromatic hydroxyl groups is 1. The fraction of sp³-hybridized carbons (Fsp3) is 0.192. The second-order valence-corrected chi connectivity index (χ2v) is 16.9. The third-order valence-electron chi connectivity index (χ3n) is 10.9. The third kappa shape index (κ3) is 9.56. The summed E-state index contributed by atoms with van der Waals surface area (Å²) in [5.74, 6) is 3.83. The van der Waals surface area contributed by atoms with E-state index in [4.69, 9.17) is 28.4 Å². The maximum atomic E-state index is 13.8. The van der Waals surface area contributed by atoms with E-state index in [1.165, 1.54) is 18.6 Å². The number of ether oxygens (including phenoxy) is 6. The van der Waals surface area contributed by atoms with Crippen molar-refractivity contribution in [2.45, 2.75) is 25.4 Å². The molecule has 9 rings (SSSR count). The normalized spacial score (nSPS) is 13.5. The Morgan fingerprint density at radius 2 is 0.984 bits per heavy atom. The number of ketones is 2. The van der Waals surface area contributed by atoms with Gasteiger partial charge < -0.3 is 33.5 Å². The van der Waals surface area contributed by atoms with E-state index in [0.29, 0.717) is 28.9 Å². The summed E-state index contributed by atoms with van der Waals surface area (Å²) in [5, 5.41) is 11.3. The lowest BCUT2D eigenvalue weighted by atomic mass is 9.97. The number of hydrogen-bond donors (Lipinski definition) is 1. The van der Waals surface area contributed by atoms with Crippen LogP contribution in [0.3, 0.4) is 0 Å². The molecule has 0 aliphatic carbocycles. The zero-order valence-electron chi connectivity index (χ0n) is 35.3. The van der Waals surface area contributed by atoms with E-state index < -0.39 is 0 Å². The van der Waals surface area contributed by atoms with Gasteiger partial charge in [0.2, 0.25) is 0 Å². The molecule has 320 valence electrons. The molecule has 6 aromatic carbocycles. The molecule has 0 radical (unpaired) electrons. The first-order valence-corrected chi connectivity index (χ1v) is 22.1. The molecule has 1 aliphatic rings. The molecule has 1 N–H and O–H groups in total. The number of carbonyl (C=O) groups is 2. The largest absolute Gasteiger partial charge is 0.508 e. The first-order valence-electron chi connectivity index (χ1n) is 20.5. The molecule has 1 fully saturated rings. The van der Waals surface area contributed by atoms with Crippen LogP contribution in [0.25, 0.3) is 41.1 Å². The van der Waals surface area contributed by atoms with Crippen molar-refractivity contribution in [3.63, 3.8) is 0 Å². The molecule has 1 atom stereocenters. The summed E-state index contributed by atoms with van der Waals surface area (Å²) in [6.45, 7) is 1.34. The Labute approximate surface area is 374 Å². The van der Waals surface area contributed by atoms with Crippen molar-refractivity contribution >= 4 is 54.4 Å². The number of rotatable bonds is 13. The second kappa shape index (κ2) is 19.6. The van der Waals surface area contributed by atoms with Crippen LogP contribution in [0, 0.1) is 0 Å². The van der Waals surface area contributed by atoms with Crippen molar-refractivity contribution in [2.24, 2.45) is 0 Å². The van der Waals surface area contributed by atoms with Crippen LogP contribution in [0.1, 0.15) is 51.1 Å². The average molecular weight is 879 g/mol. The maximum absolute atomic E-state index is 13.8. The minimum atomic E-state index is -0.0813. The molecule has 11 heteroatoms. The first-order chi connectivity index (χ1) is 30.8. The highest BCUT2D eigenvalue weighted by Crippen LogP contribution is 2.43. The Kier molecular flexibility index (Phi) is 13.4. The number of methoxy groups -OCH3 is 4. The summed E-state index contributed by atoms with van der Waals surface area (Å²) in [6.07, 6.45) is 3.47. The Morgan fingerprint density at radius 1 is 0.556 bits per heavy atom. The number of carbonyl (C=O) groups excluding carboxylic acids is 2. The highest BCUT2D eigenvalue weighted by atomic mass is 32.1. The van der Waals surface area contributed by atoms with E-state index in [2.05, 4.69) is 0 Å². The standard InChI is InChI=1S/C29H28O5S.C23H18O4S/c1-31-21-10-8-20(9-11-21)29-27(25-15-14-23(32-2)17-26(25)35-29)28(30)19-6-12-22(13-7-19)34-18-24-5-3-4-16-33-24;1-26-17-9-5-15(6-10-17)23-21(22(25)14-3-7-16(24)8-4-14)19-12-11-18(27-2)13-20(19)28-23/h6-15,17,24H,3-5,16,18H2,1-2H3;3-13,24H,1-2H3. The molecule has 0 spiro atoms. The number of phenols is 1. The lowest BCUT2D eigenvalue weighted by molar-refractivity contribution is -0.0110. The summed E-state index contributed by atoms with van der Waals surface area (Å²) < 4.78 is 35.0. The molecule has 63 heavy (non-hydrogen) atoms. The molecule has 1 aliphatic heterocycles. The summed E-state index contributed by atoms with van der Waals surface area (Å²) in [5.41, 5.74) is 4.42. The zero-order valence-corrected chi connectivity index (χ0v) is 37.0. The molecule has 0 amide bonds.